The van der Waals surface area contributed by atoms with Crippen molar-refractivity contribution in [3.8, 4) is 0 Å². The molecule has 0 fully saturated rings. The number of aromatic nitrogens is 3. The van der Waals surface area contributed by atoms with Gasteiger partial charge >= 0.3 is 0 Å². The van der Waals surface area contributed by atoms with Gasteiger partial charge in [-0.2, -0.15) is 5.10 Å². The minimum atomic E-state index is -3.73. The van der Waals surface area contributed by atoms with E-state index in [1.807, 2.05) is 0 Å². The Labute approximate surface area is 123 Å². The Morgan fingerprint density at radius 2 is 2.05 bits per heavy atom. The zero-order chi connectivity index (χ0) is 15.6. The van der Waals surface area contributed by atoms with Crippen LogP contribution in [0.2, 0.25) is 0 Å². The molecule has 7 nitrogen and oxygen atoms in total. The van der Waals surface area contributed by atoms with Gasteiger partial charge in [-0.15, -0.1) is 0 Å². The van der Waals surface area contributed by atoms with Crippen LogP contribution in [0.4, 0.5) is 5.69 Å². The van der Waals surface area contributed by atoms with Gasteiger partial charge in [0.25, 0.3) is 10.0 Å². The normalized spacial score (nSPS) is 11.6. The van der Waals surface area contributed by atoms with Crippen molar-refractivity contribution in [3.05, 3.63) is 35.4 Å². The Hall–Kier alpha value is -1.93. The monoisotopic (exact) mass is 310 g/mol. The van der Waals surface area contributed by atoms with Gasteiger partial charge in [-0.3, -0.25) is 14.4 Å². The predicted molar refractivity (Wildman–Crippen MR) is 78.6 cm³/mol. The Bertz CT molecular complexity index is 753. The number of nitrogens with one attached hydrogen (secondary N) is 1. The standard InChI is InChI=1S/C13H18N4O3S/c1-9-8-12(4-5-14-9)16-21(19,20)13-10(2)15-17(6-7-18)11(13)3/h4-5,8,18H,6-7H2,1-3H3,(H,14,16). The van der Waals surface area contributed by atoms with Crippen molar-refractivity contribution in [1.82, 2.24) is 14.8 Å². The predicted octanol–water partition coefficient (Wildman–Crippen LogP) is 0.996. The molecule has 0 aliphatic rings. The van der Waals surface area contributed by atoms with Gasteiger partial charge < -0.3 is 5.11 Å². The van der Waals surface area contributed by atoms with Gasteiger partial charge in [-0.25, -0.2) is 8.42 Å². The van der Waals surface area contributed by atoms with Crippen LogP contribution in [0.15, 0.2) is 23.2 Å². The highest BCUT2D eigenvalue weighted by molar-refractivity contribution is 7.92. The Kier molecular flexibility index (Phi) is 4.29. The first-order valence-electron chi connectivity index (χ1n) is 6.45. The second kappa shape index (κ2) is 5.82. The molecule has 2 aromatic heterocycles. The van der Waals surface area contributed by atoms with E-state index in [4.69, 9.17) is 5.11 Å². The lowest BCUT2D eigenvalue weighted by molar-refractivity contribution is 0.267. The van der Waals surface area contributed by atoms with Gasteiger partial charge in [0.2, 0.25) is 0 Å². The minimum Gasteiger partial charge on any atom is -0.394 e. The smallest absolute Gasteiger partial charge is 0.265 e. The number of aliphatic hydroxyl groups excluding tert-OH is 1. The van der Waals surface area contributed by atoms with E-state index in [2.05, 4.69) is 14.8 Å². The average molecular weight is 310 g/mol. The van der Waals surface area contributed by atoms with Crippen LogP contribution in [0, 0.1) is 20.8 Å². The molecule has 0 aliphatic heterocycles. The number of sulfonamides is 1. The third-order valence-electron chi connectivity index (χ3n) is 3.04. The Morgan fingerprint density at radius 3 is 2.67 bits per heavy atom. The second-order valence-corrected chi connectivity index (χ2v) is 6.36. The SMILES string of the molecule is Cc1cc(NS(=O)(=O)c2c(C)nn(CCO)c2C)ccn1. The summed E-state index contributed by atoms with van der Waals surface area (Å²) < 4.78 is 29.1. The van der Waals surface area contributed by atoms with E-state index in [1.165, 1.54) is 4.68 Å². The first-order chi connectivity index (χ1) is 9.85. The van der Waals surface area contributed by atoms with Crippen molar-refractivity contribution in [2.24, 2.45) is 0 Å². The first kappa shape index (κ1) is 15.5. The van der Waals surface area contributed by atoms with E-state index in [9.17, 15) is 8.42 Å². The third kappa shape index (κ3) is 3.22. The van der Waals surface area contributed by atoms with Crippen LogP contribution in [-0.4, -0.2) is 34.9 Å². The summed E-state index contributed by atoms with van der Waals surface area (Å²) in [6, 6.07) is 3.24. The number of pyridine rings is 1. The summed E-state index contributed by atoms with van der Waals surface area (Å²) in [6.45, 7) is 5.25. The van der Waals surface area contributed by atoms with Crippen LogP contribution >= 0.6 is 0 Å². The summed E-state index contributed by atoms with van der Waals surface area (Å²) in [5.74, 6) is 0. The number of aryl methyl sites for hydroxylation is 2. The molecule has 2 aromatic rings. The number of nitrogens with zero attached hydrogens (tertiary/aromatic N) is 3. The highest BCUT2D eigenvalue weighted by Crippen LogP contribution is 2.22. The first-order valence-corrected chi connectivity index (χ1v) is 7.94. The molecule has 2 heterocycles. The van der Waals surface area contributed by atoms with Crippen molar-refractivity contribution in [2.45, 2.75) is 32.2 Å². The zero-order valence-corrected chi connectivity index (χ0v) is 13.0. The molecule has 0 aliphatic carbocycles. The number of aliphatic hydroxyl groups is 1. The fourth-order valence-corrected chi connectivity index (χ4v) is 3.66. The summed E-state index contributed by atoms with van der Waals surface area (Å²) in [6.07, 6.45) is 1.54. The molecule has 114 valence electrons. The molecule has 21 heavy (non-hydrogen) atoms. The zero-order valence-electron chi connectivity index (χ0n) is 12.2. The van der Waals surface area contributed by atoms with Crippen LogP contribution in [0.25, 0.3) is 0 Å². The van der Waals surface area contributed by atoms with E-state index < -0.39 is 10.0 Å². The van der Waals surface area contributed by atoms with Gasteiger partial charge in [0.15, 0.2) is 0 Å². The van der Waals surface area contributed by atoms with Gasteiger partial charge in [-0.05, 0) is 32.9 Å². The summed E-state index contributed by atoms with van der Waals surface area (Å²) >= 11 is 0. The molecule has 0 saturated heterocycles. The van der Waals surface area contributed by atoms with Crippen LogP contribution in [0.5, 0.6) is 0 Å². The van der Waals surface area contributed by atoms with Crippen molar-refractivity contribution in [2.75, 3.05) is 11.3 Å². The molecular formula is C13H18N4O3S. The maximum Gasteiger partial charge on any atom is 0.265 e. The molecular weight excluding hydrogens is 292 g/mol. The second-order valence-electron chi connectivity index (χ2n) is 4.74. The van der Waals surface area contributed by atoms with Gasteiger partial charge in [0.1, 0.15) is 4.90 Å². The van der Waals surface area contributed by atoms with Crippen LogP contribution in [0.1, 0.15) is 17.1 Å². The minimum absolute atomic E-state index is 0.0988. The topological polar surface area (TPSA) is 97.1 Å². The maximum absolute atomic E-state index is 12.5. The Balaban J connectivity index is 2.40. The lowest BCUT2D eigenvalue weighted by Gasteiger charge is -2.09. The molecule has 8 heteroatoms. The number of hydrogen-bond donors (Lipinski definition) is 2. The molecule has 0 radical (unpaired) electrons. The molecule has 0 unspecified atom stereocenters. The van der Waals surface area contributed by atoms with Crippen molar-refractivity contribution in [3.63, 3.8) is 0 Å². The Morgan fingerprint density at radius 1 is 1.33 bits per heavy atom. The van der Waals surface area contributed by atoms with E-state index in [0.717, 1.165) is 5.69 Å². The molecule has 0 aromatic carbocycles. The van der Waals surface area contributed by atoms with Crippen LogP contribution in [0.3, 0.4) is 0 Å². The lowest BCUT2D eigenvalue weighted by Crippen LogP contribution is -2.15. The molecule has 0 amide bonds. The summed E-state index contributed by atoms with van der Waals surface area (Å²) in [5, 5.41) is 13.1. The van der Waals surface area contributed by atoms with Crippen LogP contribution in [-0.2, 0) is 16.6 Å². The molecule has 0 saturated carbocycles. The van der Waals surface area contributed by atoms with Gasteiger partial charge in [0.05, 0.1) is 30.2 Å². The summed E-state index contributed by atoms with van der Waals surface area (Å²) in [5.41, 5.74) is 2.08. The summed E-state index contributed by atoms with van der Waals surface area (Å²) in [7, 11) is -3.73. The van der Waals surface area contributed by atoms with Crippen LogP contribution < -0.4 is 4.72 Å². The van der Waals surface area contributed by atoms with Crippen molar-refractivity contribution in [1.29, 1.82) is 0 Å². The molecule has 0 bridgehead atoms. The fourth-order valence-electron chi connectivity index (χ4n) is 2.20. The quantitative estimate of drug-likeness (QED) is 0.858. The maximum atomic E-state index is 12.5. The lowest BCUT2D eigenvalue weighted by atomic mass is 10.3. The van der Waals surface area contributed by atoms with Gasteiger partial charge in [0, 0.05) is 11.9 Å². The number of anilines is 1. The van der Waals surface area contributed by atoms with Crippen molar-refractivity contribution >= 4 is 15.7 Å². The highest BCUT2D eigenvalue weighted by atomic mass is 32.2. The van der Waals surface area contributed by atoms with E-state index in [0.29, 0.717) is 17.1 Å². The average Bonchev–Trinajstić information content (AvgIpc) is 2.64. The molecule has 0 spiro atoms. The number of rotatable bonds is 5. The van der Waals surface area contributed by atoms with E-state index >= 15 is 0 Å². The summed E-state index contributed by atoms with van der Waals surface area (Å²) in [4.78, 5) is 4.17. The molecule has 2 rings (SSSR count). The van der Waals surface area contributed by atoms with E-state index in [-0.39, 0.29) is 18.0 Å². The fraction of sp³-hybridized carbons (Fsp3) is 0.385. The van der Waals surface area contributed by atoms with E-state index in [1.54, 1.807) is 39.1 Å². The van der Waals surface area contributed by atoms with Gasteiger partial charge in [-0.1, -0.05) is 0 Å². The molecule has 2 N–H and O–H groups in total. The molecule has 0 atom stereocenters. The van der Waals surface area contributed by atoms with Crippen molar-refractivity contribution < 1.29 is 13.5 Å². The largest absolute Gasteiger partial charge is 0.394 e. The third-order valence-corrected chi connectivity index (χ3v) is 4.68. The number of hydrogen-bond acceptors (Lipinski definition) is 5. The highest BCUT2D eigenvalue weighted by Gasteiger charge is 2.24.